The Labute approximate surface area is 118 Å². The minimum atomic E-state index is -1.18. The number of carbonyl (C=O) groups is 1. The molecule has 0 saturated heterocycles. The van der Waals surface area contributed by atoms with Gasteiger partial charge in [0.25, 0.3) is 0 Å². The number of carbonyl (C=O) groups excluding carboxylic acids is 1. The van der Waals surface area contributed by atoms with Crippen molar-refractivity contribution in [2.45, 2.75) is 0 Å². The number of halogens is 3. The maximum absolute atomic E-state index is 13.5. The van der Waals surface area contributed by atoms with Crippen molar-refractivity contribution in [3.63, 3.8) is 0 Å². The van der Waals surface area contributed by atoms with Crippen molar-refractivity contribution >= 4 is 49.8 Å². The van der Waals surface area contributed by atoms with E-state index in [1.807, 2.05) is 0 Å². The Morgan fingerprint density at radius 2 is 2.00 bits per heavy atom. The van der Waals surface area contributed by atoms with Crippen LogP contribution in [0.1, 0.15) is 15.9 Å². The summed E-state index contributed by atoms with van der Waals surface area (Å²) < 4.78 is 35.3. The van der Waals surface area contributed by atoms with Crippen LogP contribution in [0.4, 0.5) is 8.78 Å². The summed E-state index contributed by atoms with van der Waals surface area (Å²) in [5, 5.41) is 0. The second kappa shape index (κ2) is 6.56. The van der Waals surface area contributed by atoms with Crippen LogP contribution in [0.15, 0.2) is 14.9 Å². The van der Waals surface area contributed by atoms with Gasteiger partial charge in [-0.3, -0.25) is 0 Å². The first-order valence-electron chi connectivity index (χ1n) is 4.27. The fraction of sp³-hybridized carbons (Fsp3) is 0.111. The molecule has 4 nitrogen and oxygen atoms in total. The summed E-state index contributed by atoms with van der Waals surface area (Å²) in [7, 11) is 1.05. The molecule has 8 heteroatoms. The SMILES string of the molecule is COC(=O)c1c(F)cc(/C(N)=[N]/[Pb][I])cc1F. The molecule has 90 valence electrons. The Morgan fingerprint density at radius 3 is 2.41 bits per heavy atom. The van der Waals surface area contributed by atoms with E-state index in [-0.39, 0.29) is 11.4 Å². The third kappa shape index (κ3) is 3.56. The average Bonchev–Trinajstić information content (AvgIpc) is 2.28. The van der Waals surface area contributed by atoms with Gasteiger partial charge in [0.05, 0.1) is 0 Å². The quantitative estimate of drug-likeness (QED) is 0.205. The van der Waals surface area contributed by atoms with E-state index in [0.29, 0.717) is 0 Å². The van der Waals surface area contributed by atoms with Gasteiger partial charge in [-0.2, -0.15) is 0 Å². The monoisotopic (exact) mass is 548 g/mol. The number of esters is 1. The second-order valence-electron chi connectivity index (χ2n) is 2.89. The predicted molar refractivity (Wildman–Crippen MR) is 68.2 cm³/mol. The number of benzene rings is 1. The van der Waals surface area contributed by atoms with Crippen LogP contribution in [0.5, 0.6) is 0 Å². The molecule has 0 aliphatic heterocycles. The van der Waals surface area contributed by atoms with E-state index >= 15 is 0 Å². The van der Waals surface area contributed by atoms with Crippen molar-refractivity contribution in [2.75, 3.05) is 7.11 Å². The molecule has 0 aliphatic rings. The van der Waals surface area contributed by atoms with E-state index in [1.165, 1.54) is 0 Å². The van der Waals surface area contributed by atoms with Crippen molar-refractivity contribution in [1.82, 2.24) is 0 Å². The summed E-state index contributed by atoms with van der Waals surface area (Å²) in [5.74, 6) is -2.98. The van der Waals surface area contributed by atoms with Gasteiger partial charge in [0.15, 0.2) is 0 Å². The molecule has 0 spiro atoms. The summed E-state index contributed by atoms with van der Waals surface area (Å²) in [6.07, 6.45) is 0. The van der Waals surface area contributed by atoms with Gasteiger partial charge in [-0.25, -0.2) is 0 Å². The number of methoxy groups -OCH3 is 1. The van der Waals surface area contributed by atoms with E-state index < -0.39 is 43.4 Å². The van der Waals surface area contributed by atoms with Gasteiger partial charge < -0.3 is 0 Å². The Balaban J connectivity index is 3.27. The Kier molecular flexibility index (Phi) is 5.69. The number of nitrogens with two attached hydrogens (primary N) is 1. The van der Waals surface area contributed by atoms with Crippen LogP contribution in [0.3, 0.4) is 0 Å². The van der Waals surface area contributed by atoms with Gasteiger partial charge in [-0.15, -0.1) is 0 Å². The topological polar surface area (TPSA) is 64.7 Å². The van der Waals surface area contributed by atoms with Crippen LogP contribution < -0.4 is 5.73 Å². The predicted octanol–water partition coefficient (Wildman–Crippen LogP) is 1.43. The fourth-order valence-corrected chi connectivity index (χ4v) is 4.26. The Morgan fingerprint density at radius 1 is 1.47 bits per heavy atom. The zero-order valence-electron chi connectivity index (χ0n) is 8.63. The number of hydrogen-bond donors (Lipinski definition) is 1. The van der Waals surface area contributed by atoms with Crippen LogP contribution in [0.25, 0.3) is 0 Å². The molecule has 0 amide bonds. The van der Waals surface area contributed by atoms with Crippen molar-refractivity contribution in [1.29, 1.82) is 0 Å². The molecule has 0 atom stereocenters. The van der Waals surface area contributed by atoms with E-state index in [9.17, 15) is 13.6 Å². The molecule has 0 bridgehead atoms. The summed E-state index contributed by atoms with van der Waals surface area (Å²) in [6.45, 7) is 0. The number of ether oxygens (including phenoxy) is 1. The molecule has 1 aromatic rings. The molecule has 0 saturated carbocycles. The van der Waals surface area contributed by atoms with Crippen LogP contribution in [0, 0.1) is 11.6 Å². The molecule has 1 aromatic carbocycles. The zero-order chi connectivity index (χ0) is 13.0. The number of amidine groups is 1. The first-order chi connectivity index (χ1) is 8.01. The van der Waals surface area contributed by atoms with Gasteiger partial charge in [0.1, 0.15) is 0 Å². The van der Waals surface area contributed by atoms with Crippen molar-refractivity contribution in [3.05, 3.63) is 34.9 Å². The molecule has 0 unspecified atom stereocenters. The van der Waals surface area contributed by atoms with Crippen molar-refractivity contribution in [3.8, 4) is 0 Å². The zero-order valence-corrected chi connectivity index (χ0v) is 14.7. The first kappa shape index (κ1) is 14.7. The second-order valence-corrected chi connectivity index (χ2v) is 8.65. The molecule has 0 aromatic heterocycles. The molecule has 17 heavy (non-hydrogen) atoms. The molecule has 2 radical (unpaired) electrons. The van der Waals surface area contributed by atoms with Crippen LogP contribution in [0.2, 0.25) is 0 Å². The molecule has 2 N–H and O–H groups in total. The third-order valence-corrected chi connectivity index (χ3v) is 5.27. The van der Waals surface area contributed by atoms with Gasteiger partial charge >= 0.3 is 119 Å². The Bertz CT molecular complexity index is 459. The van der Waals surface area contributed by atoms with Crippen LogP contribution in [-0.4, -0.2) is 39.2 Å². The minimum absolute atomic E-state index is 0.0944. The summed E-state index contributed by atoms with van der Waals surface area (Å²) in [4.78, 5) is 11.1. The van der Waals surface area contributed by atoms with Gasteiger partial charge in [-0.1, -0.05) is 0 Å². The van der Waals surface area contributed by atoms with Gasteiger partial charge in [0.2, 0.25) is 0 Å². The first-order valence-corrected chi connectivity index (χ1v) is 16.9. The fourth-order valence-electron chi connectivity index (χ4n) is 1.13. The normalized spacial score (nSPS) is 11.4. The summed E-state index contributed by atoms with van der Waals surface area (Å²) >= 11 is 0.960. The molecule has 0 heterocycles. The summed E-state index contributed by atoms with van der Waals surface area (Å²) in [6, 6.07) is 1.95. The van der Waals surface area contributed by atoms with Crippen molar-refractivity contribution in [2.24, 2.45) is 8.54 Å². The maximum atomic E-state index is 13.5. The van der Waals surface area contributed by atoms with E-state index in [1.54, 1.807) is 0 Å². The molecular weight excluding hydrogens is 540 g/mol. The Hall–Kier alpha value is -0.328. The molecule has 1 rings (SSSR count). The van der Waals surface area contributed by atoms with E-state index in [0.717, 1.165) is 19.2 Å². The molecule has 0 aliphatic carbocycles. The average molecular weight is 547 g/mol. The van der Waals surface area contributed by atoms with Crippen LogP contribution in [-0.2, 0) is 4.74 Å². The number of nitrogens with zero attached hydrogens (tertiary/aromatic N) is 1. The van der Waals surface area contributed by atoms with Gasteiger partial charge in [-0.05, 0) is 0 Å². The van der Waals surface area contributed by atoms with Crippen molar-refractivity contribution < 1.29 is 18.3 Å². The van der Waals surface area contributed by atoms with E-state index in [2.05, 4.69) is 25.3 Å². The summed E-state index contributed by atoms with van der Waals surface area (Å²) in [5.41, 5.74) is 4.96. The number of hydrogen-bond acceptors (Lipinski definition) is 3. The number of rotatable bonds is 3. The van der Waals surface area contributed by atoms with Gasteiger partial charge in [0, 0.05) is 0 Å². The van der Waals surface area contributed by atoms with E-state index in [4.69, 9.17) is 5.73 Å². The van der Waals surface area contributed by atoms with Crippen LogP contribution >= 0.6 is 17.8 Å². The molecular formula is C9H7F2IN2O2Pb. The standard InChI is InChI=1S/C9H7F2N2O2.HI.Pb/c1-15-9(14)7-5(10)2-4(8(12)13)3-6(7)11;;/h2-3H,1H3,(H2-,12,13);1H;/q-1;;+2/p-1. The molecule has 0 fully saturated rings. The third-order valence-electron chi connectivity index (χ3n) is 1.89.